The summed E-state index contributed by atoms with van der Waals surface area (Å²) in [6.45, 7) is 0. The Morgan fingerprint density at radius 3 is 0.864 bits per heavy atom. The summed E-state index contributed by atoms with van der Waals surface area (Å²) < 4.78 is 0. The summed E-state index contributed by atoms with van der Waals surface area (Å²) >= 11 is 0. The van der Waals surface area contributed by atoms with E-state index in [1.165, 1.54) is 22.6 Å². The van der Waals surface area contributed by atoms with E-state index in [1.54, 1.807) is 0 Å². The Morgan fingerprint density at radius 2 is 0.636 bits per heavy atom. The summed E-state index contributed by atoms with van der Waals surface area (Å²) in [4.78, 5) is 0. The minimum atomic E-state index is 0. The summed E-state index contributed by atoms with van der Waals surface area (Å²) in [5.74, 6) is 1.28. The molecule has 0 spiro atoms. The first kappa shape index (κ1) is 21.5. The summed E-state index contributed by atoms with van der Waals surface area (Å²) in [6, 6.07) is 31.6. The van der Waals surface area contributed by atoms with Crippen molar-refractivity contribution in [2.75, 3.05) is 0 Å². The van der Waals surface area contributed by atoms with E-state index in [9.17, 15) is 0 Å². The molecule has 0 aromatic heterocycles. The van der Waals surface area contributed by atoms with Gasteiger partial charge < -0.3 is 24.8 Å². The maximum Gasteiger partial charge on any atom is 0 e. The van der Waals surface area contributed by atoms with E-state index in [2.05, 4.69) is 91.0 Å². The van der Waals surface area contributed by atoms with Gasteiger partial charge in [0.25, 0.3) is 0 Å². The average molecular weight is 455 g/mol. The molecule has 3 aromatic rings. The summed E-state index contributed by atoms with van der Waals surface area (Å²) in [6.07, 6.45) is 0. The van der Waals surface area contributed by atoms with Gasteiger partial charge in [-0.25, -0.2) is 0 Å². The van der Waals surface area contributed by atoms with Gasteiger partial charge in [-0.15, -0.1) is 0 Å². The van der Waals surface area contributed by atoms with Crippen LogP contribution in [0.25, 0.3) is 0 Å². The summed E-state index contributed by atoms with van der Waals surface area (Å²) in [7, 11) is 0. The zero-order chi connectivity index (χ0) is 12.9. The van der Waals surface area contributed by atoms with E-state index in [-0.39, 0.29) is 66.1 Å². The van der Waals surface area contributed by atoms with Gasteiger partial charge in [0.1, 0.15) is 0 Å². The largest absolute Gasteiger partial charge is 1.00 e. The van der Waals surface area contributed by atoms with Crippen LogP contribution in [0.1, 0.15) is 16.7 Å². The second kappa shape index (κ2) is 11.1. The van der Waals surface area contributed by atoms with E-state index < -0.39 is 0 Å². The first-order valence-corrected chi connectivity index (χ1v) is 6.48. The average Bonchev–Trinajstić information content (AvgIpc) is 2.51. The molecule has 0 fully saturated rings. The molecule has 0 atom stereocenters. The van der Waals surface area contributed by atoms with Gasteiger partial charge in [-0.3, -0.25) is 0 Å². The van der Waals surface area contributed by atoms with Crippen LogP contribution in [0.5, 0.6) is 0 Å². The van der Waals surface area contributed by atoms with Gasteiger partial charge in [0, 0.05) is 41.3 Å². The predicted octanol–water partition coefficient (Wildman–Crippen LogP) is -1.29. The molecule has 22 heavy (non-hydrogen) atoms. The SMILES string of the molecule is [Cl-].[Cl-].[Pr].c1ccc([C-](c2ccccc2)c2ccccc2)cc1. The fraction of sp³-hybridized carbons (Fsp3) is 0. The van der Waals surface area contributed by atoms with Gasteiger partial charge >= 0.3 is 0 Å². The van der Waals surface area contributed by atoms with Crippen molar-refractivity contribution in [3.8, 4) is 0 Å². The number of hydrogen-bond acceptors (Lipinski definition) is 0. The van der Waals surface area contributed by atoms with Gasteiger partial charge in [0.05, 0.1) is 0 Å². The molecule has 0 saturated heterocycles. The number of hydrogen-bond donors (Lipinski definition) is 0. The molecule has 3 aromatic carbocycles. The van der Waals surface area contributed by atoms with Crippen molar-refractivity contribution >= 4 is 0 Å². The van der Waals surface area contributed by atoms with Crippen LogP contribution >= 0.6 is 0 Å². The molecule has 0 aliphatic heterocycles. The van der Waals surface area contributed by atoms with Gasteiger partial charge in [-0.05, 0) is 0 Å². The minimum Gasteiger partial charge on any atom is -1.00 e. The Morgan fingerprint density at radius 1 is 0.409 bits per heavy atom. The molecule has 0 aliphatic carbocycles. The maximum absolute atomic E-state index is 2.16. The van der Waals surface area contributed by atoms with Crippen molar-refractivity contribution < 1.29 is 66.1 Å². The van der Waals surface area contributed by atoms with E-state index in [1.807, 2.05) is 0 Å². The molecule has 0 heterocycles. The van der Waals surface area contributed by atoms with E-state index in [4.69, 9.17) is 0 Å². The van der Waals surface area contributed by atoms with Crippen molar-refractivity contribution in [2.24, 2.45) is 0 Å². The summed E-state index contributed by atoms with van der Waals surface area (Å²) in [5, 5.41) is 0. The third-order valence-electron chi connectivity index (χ3n) is 3.19. The normalized spacial score (nSPS) is 8.73. The quantitative estimate of drug-likeness (QED) is 0.341. The monoisotopic (exact) mass is 454 g/mol. The second-order valence-corrected chi connectivity index (χ2v) is 4.47. The molecule has 1 radical (unpaired) electrons. The fourth-order valence-corrected chi connectivity index (χ4v) is 2.31. The van der Waals surface area contributed by atoms with Gasteiger partial charge in [0.2, 0.25) is 0 Å². The predicted molar refractivity (Wildman–Crippen MR) is 79.9 cm³/mol. The Labute approximate surface area is 178 Å². The molecular formula is C19H15Cl2Pr-3. The van der Waals surface area contributed by atoms with Crippen LogP contribution in [0.3, 0.4) is 0 Å². The third kappa shape index (κ3) is 5.28. The molecule has 0 N–H and O–H groups in total. The molecule has 111 valence electrons. The standard InChI is InChI=1S/C19H15.2ClH.Pr/c1-4-10-16(11-5-1)19(17-12-6-2-7-13-17)18-14-8-3-9-15-18;;;/h1-15H;2*1H;/q-1;;;/p-2. The molecular weight excluding hydrogens is 440 g/mol. The third-order valence-corrected chi connectivity index (χ3v) is 3.19. The van der Waals surface area contributed by atoms with Crippen molar-refractivity contribution in [1.29, 1.82) is 0 Å². The van der Waals surface area contributed by atoms with Gasteiger partial charge in [0.15, 0.2) is 0 Å². The molecule has 0 aliphatic rings. The number of rotatable bonds is 3. The Bertz CT molecular complexity index is 533. The Kier molecular flexibility index (Phi) is 10.8. The van der Waals surface area contributed by atoms with Crippen molar-refractivity contribution in [1.82, 2.24) is 0 Å². The van der Waals surface area contributed by atoms with Crippen LogP contribution in [0.2, 0.25) is 0 Å². The van der Waals surface area contributed by atoms with Crippen LogP contribution in [0.4, 0.5) is 0 Å². The fourth-order valence-electron chi connectivity index (χ4n) is 2.31. The molecule has 0 bridgehead atoms. The molecule has 0 unspecified atom stereocenters. The van der Waals surface area contributed by atoms with E-state index >= 15 is 0 Å². The molecule has 0 amide bonds. The zero-order valence-electron chi connectivity index (χ0n) is 12.0. The maximum atomic E-state index is 2.16. The van der Waals surface area contributed by atoms with Gasteiger partial charge in [-0.2, -0.15) is 0 Å². The molecule has 3 rings (SSSR count). The van der Waals surface area contributed by atoms with Crippen LogP contribution in [-0.2, 0) is 0 Å². The van der Waals surface area contributed by atoms with Crippen molar-refractivity contribution in [3.05, 3.63) is 114 Å². The smallest absolute Gasteiger partial charge is 0 e. The van der Waals surface area contributed by atoms with Crippen molar-refractivity contribution in [2.45, 2.75) is 0 Å². The Balaban J connectivity index is 0.00000147. The van der Waals surface area contributed by atoms with E-state index in [0.29, 0.717) is 0 Å². The second-order valence-electron chi connectivity index (χ2n) is 4.47. The first-order chi connectivity index (χ1) is 9.45. The van der Waals surface area contributed by atoms with Crippen LogP contribution in [-0.4, -0.2) is 0 Å². The van der Waals surface area contributed by atoms with Crippen molar-refractivity contribution in [3.63, 3.8) is 0 Å². The zero-order valence-corrected chi connectivity index (χ0v) is 17.2. The van der Waals surface area contributed by atoms with Crippen LogP contribution < -0.4 is 24.8 Å². The minimum absolute atomic E-state index is 0. The Hall–Kier alpha value is -0.526. The molecule has 3 heteroatoms. The van der Waals surface area contributed by atoms with E-state index in [0.717, 1.165) is 0 Å². The van der Waals surface area contributed by atoms with Crippen LogP contribution in [0, 0.1) is 47.2 Å². The molecule has 0 nitrogen and oxygen atoms in total. The van der Waals surface area contributed by atoms with Crippen LogP contribution in [0.15, 0.2) is 91.0 Å². The van der Waals surface area contributed by atoms with Gasteiger partial charge in [-0.1, -0.05) is 114 Å². The topological polar surface area (TPSA) is 0 Å². The number of halogens is 2. The first-order valence-electron chi connectivity index (χ1n) is 6.48. The number of benzene rings is 3. The molecule has 0 saturated carbocycles. The summed E-state index contributed by atoms with van der Waals surface area (Å²) in [5.41, 5.74) is 3.75.